The summed E-state index contributed by atoms with van der Waals surface area (Å²) in [5.74, 6) is 0. The Labute approximate surface area is 189 Å². The third-order valence-electron chi connectivity index (χ3n) is 3.45. The van der Waals surface area contributed by atoms with Gasteiger partial charge in [0.25, 0.3) is 0 Å². The summed E-state index contributed by atoms with van der Waals surface area (Å²) in [5, 5.41) is 28.8. The molecule has 8 nitrogen and oxygen atoms in total. The van der Waals surface area contributed by atoms with Gasteiger partial charge in [-0.15, -0.1) is 0 Å². The Morgan fingerprint density at radius 2 is 1.58 bits per heavy atom. The largest absolute Gasteiger partial charge is 0.544 e. The van der Waals surface area contributed by atoms with Gasteiger partial charge in [-0.05, 0) is 26.1 Å². The maximum absolute atomic E-state index is 10.0. The van der Waals surface area contributed by atoms with Crippen molar-refractivity contribution in [2.24, 2.45) is 0 Å². The molecule has 138 valence electrons. The average molecular weight is 796 g/mol. The molecule has 3 N–H and O–H groups in total. The van der Waals surface area contributed by atoms with Gasteiger partial charge in [-0.1, -0.05) is 0 Å². The molecule has 2 fully saturated rings. The molecule has 0 radical (unpaired) electrons. The summed E-state index contributed by atoms with van der Waals surface area (Å²) < 4.78 is 26.3. The zero-order chi connectivity index (χ0) is 16.1. The molecule has 24 heavy (non-hydrogen) atoms. The number of ether oxygens (including phenoxy) is 5. The molecule has 2 saturated heterocycles. The second kappa shape index (κ2) is 13.0. The van der Waals surface area contributed by atoms with Crippen LogP contribution >= 0.6 is 0 Å². The second-order valence-corrected chi connectivity index (χ2v) is 5.60. The van der Waals surface area contributed by atoms with Crippen molar-refractivity contribution in [3.8, 4) is 0 Å². The normalized spacial score (nSPS) is 35.8. The summed E-state index contributed by atoms with van der Waals surface area (Å²) in [4.78, 5) is 0. The van der Waals surface area contributed by atoms with E-state index in [-0.39, 0.29) is 88.3 Å². The van der Waals surface area contributed by atoms with Crippen LogP contribution in [0.4, 0.5) is 0 Å². The quantitative estimate of drug-likeness (QED) is 0.163. The van der Waals surface area contributed by atoms with E-state index in [0.717, 1.165) is 0 Å². The molecule has 0 aromatic rings. The van der Waals surface area contributed by atoms with E-state index in [2.05, 4.69) is 0 Å². The molecule has 0 aromatic heterocycles. The number of aliphatic hydroxyl groups is 3. The molecule has 0 spiro atoms. The predicted molar refractivity (Wildman–Crippen MR) is 73.1 cm³/mol. The summed E-state index contributed by atoms with van der Waals surface area (Å²) in [6.07, 6.45) is -4.47. The Hall–Kier alpha value is 1.78. The maximum atomic E-state index is 10.0. The van der Waals surface area contributed by atoms with Crippen molar-refractivity contribution in [2.45, 2.75) is 56.6 Å². The first-order chi connectivity index (χ1) is 10.5. The van der Waals surface area contributed by atoms with Gasteiger partial charge in [-0.2, -0.15) is 13.2 Å². The maximum Gasteiger partial charge on any atom is 0.143 e. The average Bonchev–Trinajstić information content (AvgIpc) is 2.98. The van der Waals surface area contributed by atoms with E-state index in [0.29, 0.717) is 0 Å². The topological polar surface area (TPSA) is 107 Å². The minimum atomic E-state index is -1.01. The summed E-state index contributed by atoms with van der Waals surface area (Å²) in [7, 11) is 0. The van der Waals surface area contributed by atoms with Gasteiger partial charge in [-0.25, -0.2) is 0 Å². The second-order valence-electron chi connectivity index (χ2n) is 5.60. The van der Waals surface area contributed by atoms with Crippen molar-refractivity contribution in [2.75, 3.05) is 20.0 Å². The van der Waals surface area contributed by atoms with Crippen molar-refractivity contribution < 1.29 is 101 Å². The fraction of sp³-hybridized carbons (Fsp3) is 0.857. The zero-order valence-corrected chi connectivity index (χ0v) is 22.0. The van der Waals surface area contributed by atoms with Gasteiger partial charge in [0.1, 0.15) is 6.79 Å². The predicted octanol–water partition coefficient (Wildman–Crippen LogP) is -1.03. The Morgan fingerprint density at radius 1 is 0.958 bits per heavy atom. The fourth-order valence-electron chi connectivity index (χ4n) is 2.11. The molecule has 6 atom stereocenters. The molecule has 0 aliphatic carbocycles. The molecule has 2 heterocycles. The van der Waals surface area contributed by atoms with Gasteiger partial charge in [0.2, 0.25) is 0 Å². The zero-order valence-electron chi connectivity index (χ0n) is 13.7. The molecular weight excluding hydrogens is 772 g/mol. The van der Waals surface area contributed by atoms with Crippen LogP contribution in [0, 0.1) is 75.4 Å². The molecule has 2 aliphatic heterocycles. The van der Waals surface area contributed by atoms with E-state index in [1.54, 1.807) is 0 Å². The Kier molecular flexibility index (Phi) is 14.0. The van der Waals surface area contributed by atoms with E-state index in [9.17, 15) is 15.3 Å². The third-order valence-corrected chi connectivity index (χ3v) is 3.45. The first-order valence-corrected chi connectivity index (χ1v) is 7.31. The standard InChI is InChI=1S/C14H24O8.2U/c1-8(2)19-5-11-14(17)12(6-21-11)22-7-18-4-10-13(16)9(15)3-20-10;;/h3,6,8-17H,4-5,7H2,1-2H3;;/q-2;;/t9?,10-,11-,12?,13-,14+;;/m1../s1. The van der Waals surface area contributed by atoms with Crippen molar-refractivity contribution in [1.29, 1.82) is 0 Å². The monoisotopic (exact) mass is 796 g/mol. The molecule has 0 saturated carbocycles. The molecule has 2 aliphatic rings. The van der Waals surface area contributed by atoms with Crippen LogP contribution in [0.25, 0.3) is 0 Å². The molecule has 2 unspecified atom stereocenters. The van der Waals surface area contributed by atoms with Gasteiger partial charge < -0.3 is 39.0 Å². The minimum absolute atomic E-state index is 0. The Balaban J connectivity index is 0.00000264. The summed E-state index contributed by atoms with van der Waals surface area (Å²) in [6, 6.07) is 0. The van der Waals surface area contributed by atoms with Crippen LogP contribution in [0.5, 0.6) is 0 Å². The number of rotatable bonds is 8. The Bertz CT molecular complexity index is 336. The van der Waals surface area contributed by atoms with Crippen LogP contribution in [0.1, 0.15) is 13.8 Å². The number of hydrogen-bond donors (Lipinski definition) is 3. The smallest absolute Gasteiger partial charge is 0.143 e. The van der Waals surface area contributed by atoms with Gasteiger partial charge in [0, 0.05) is 62.2 Å². The van der Waals surface area contributed by atoms with Crippen LogP contribution in [-0.4, -0.2) is 78.1 Å². The van der Waals surface area contributed by atoms with Gasteiger partial charge in [0.15, 0.2) is 0 Å². The van der Waals surface area contributed by atoms with Crippen LogP contribution in [0.2, 0.25) is 0 Å². The van der Waals surface area contributed by atoms with Crippen LogP contribution in [-0.2, 0) is 23.7 Å². The molecule has 2 rings (SSSR count). The summed E-state index contributed by atoms with van der Waals surface area (Å²) >= 11 is 0. The van der Waals surface area contributed by atoms with Gasteiger partial charge in [-0.3, -0.25) is 0 Å². The van der Waals surface area contributed by atoms with E-state index in [4.69, 9.17) is 23.7 Å². The van der Waals surface area contributed by atoms with E-state index in [1.165, 1.54) is 13.2 Å². The van der Waals surface area contributed by atoms with E-state index < -0.39 is 36.6 Å². The molecule has 10 heteroatoms. The SMILES string of the molecule is CC(C)OC[C@H]1O[CH-]C(OCOC[C@H]2O[CH-]C(O)[C@H]2O)[C@H]1O.[U].[U]. The first kappa shape index (κ1) is 25.8. The molecular formula is C14H24O8U2-2. The van der Waals surface area contributed by atoms with Gasteiger partial charge >= 0.3 is 0 Å². The van der Waals surface area contributed by atoms with E-state index >= 15 is 0 Å². The van der Waals surface area contributed by atoms with Crippen LogP contribution < -0.4 is 0 Å². The fourth-order valence-corrected chi connectivity index (χ4v) is 2.11. The molecule has 0 amide bonds. The van der Waals surface area contributed by atoms with Gasteiger partial charge in [0.05, 0.1) is 43.7 Å². The first-order valence-electron chi connectivity index (χ1n) is 7.31. The van der Waals surface area contributed by atoms with Crippen molar-refractivity contribution >= 4 is 0 Å². The molecule has 0 bridgehead atoms. The van der Waals surface area contributed by atoms with Crippen LogP contribution in [0.15, 0.2) is 0 Å². The van der Waals surface area contributed by atoms with E-state index in [1.807, 2.05) is 13.8 Å². The van der Waals surface area contributed by atoms with Crippen molar-refractivity contribution in [3.05, 3.63) is 13.2 Å². The molecule has 0 aromatic carbocycles. The number of aliphatic hydroxyl groups excluding tert-OH is 3. The Morgan fingerprint density at radius 3 is 2.17 bits per heavy atom. The summed E-state index contributed by atoms with van der Waals surface area (Å²) in [5.41, 5.74) is 0. The summed E-state index contributed by atoms with van der Waals surface area (Å²) in [6.45, 7) is 6.65. The van der Waals surface area contributed by atoms with Crippen LogP contribution in [0.3, 0.4) is 0 Å². The third kappa shape index (κ3) is 7.80. The van der Waals surface area contributed by atoms with Crippen molar-refractivity contribution in [1.82, 2.24) is 0 Å². The van der Waals surface area contributed by atoms with Crippen molar-refractivity contribution in [3.63, 3.8) is 0 Å². The number of hydrogen-bond acceptors (Lipinski definition) is 8. The minimum Gasteiger partial charge on any atom is -0.544 e.